The van der Waals surface area contributed by atoms with Crippen molar-refractivity contribution >= 4 is 11.9 Å². The summed E-state index contributed by atoms with van der Waals surface area (Å²) in [6.45, 7) is 2.32. The van der Waals surface area contributed by atoms with Crippen LogP contribution in [0, 0.1) is 5.92 Å². The Hall–Kier alpha value is -1.06. The number of ether oxygens (including phenoxy) is 1. The van der Waals surface area contributed by atoms with Gasteiger partial charge in [-0.2, -0.15) is 0 Å². The molecular weight excluding hydrogens is 266 g/mol. The number of nitrogens with zero attached hydrogens (tertiary/aromatic N) is 1. The zero-order chi connectivity index (χ0) is 15.1. The molecule has 0 saturated heterocycles. The summed E-state index contributed by atoms with van der Waals surface area (Å²) in [5.74, 6) is 0.692. The summed E-state index contributed by atoms with van der Waals surface area (Å²) in [6.07, 6.45) is 11.6. The molecule has 0 unspecified atom stereocenters. The van der Waals surface area contributed by atoms with Crippen molar-refractivity contribution in [2.45, 2.75) is 77.2 Å². The Labute approximate surface area is 128 Å². The highest BCUT2D eigenvalue weighted by Crippen LogP contribution is 2.30. The Morgan fingerprint density at radius 2 is 1.81 bits per heavy atom. The van der Waals surface area contributed by atoms with Gasteiger partial charge in [0.15, 0.2) is 0 Å². The van der Waals surface area contributed by atoms with Crippen LogP contribution in [-0.2, 0) is 14.3 Å². The molecule has 2 fully saturated rings. The van der Waals surface area contributed by atoms with Crippen LogP contribution in [-0.4, -0.2) is 36.0 Å². The van der Waals surface area contributed by atoms with Crippen LogP contribution in [0.1, 0.15) is 71.1 Å². The molecular formula is C17H29NO3. The third kappa shape index (κ3) is 5.68. The number of hydrogen-bond donors (Lipinski definition) is 0. The van der Waals surface area contributed by atoms with E-state index in [4.69, 9.17) is 4.74 Å². The number of carbonyl (C=O) groups is 2. The predicted octanol–water partition coefficient (Wildman–Crippen LogP) is 3.29. The summed E-state index contributed by atoms with van der Waals surface area (Å²) in [7, 11) is 0. The molecule has 0 atom stereocenters. The molecule has 2 rings (SSSR count). The van der Waals surface area contributed by atoms with E-state index in [2.05, 4.69) is 0 Å². The molecule has 0 aliphatic heterocycles. The molecule has 0 N–H and O–H groups in total. The zero-order valence-electron chi connectivity index (χ0n) is 13.3. The van der Waals surface area contributed by atoms with Crippen LogP contribution in [0.5, 0.6) is 0 Å². The van der Waals surface area contributed by atoms with Crippen molar-refractivity contribution in [3.05, 3.63) is 0 Å². The molecule has 0 spiro atoms. The Bertz CT molecular complexity index is 346. The maximum atomic E-state index is 12.3. The van der Waals surface area contributed by atoms with E-state index >= 15 is 0 Å². The second-order valence-electron chi connectivity index (χ2n) is 6.45. The quantitative estimate of drug-likeness (QED) is 0.646. The summed E-state index contributed by atoms with van der Waals surface area (Å²) in [5, 5.41) is 0. The van der Waals surface area contributed by atoms with Gasteiger partial charge in [0.05, 0.1) is 6.61 Å². The number of hydrogen-bond acceptors (Lipinski definition) is 3. The minimum Gasteiger partial charge on any atom is -0.465 e. The molecule has 2 saturated carbocycles. The van der Waals surface area contributed by atoms with E-state index in [0.29, 0.717) is 13.0 Å². The molecule has 4 heteroatoms. The van der Waals surface area contributed by atoms with Gasteiger partial charge in [-0.3, -0.25) is 9.59 Å². The molecule has 0 aromatic carbocycles. The average molecular weight is 295 g/mol. The van der Waals surface area contributed by atoms with Crippen LogP contribution in [0.15, 0.2) is 0 Å². The van der Waals surface area contributed by atoms with E-state index in [1.165, 1.54) is 38.5 Å². The SMILES string of the molecule is CCOC(=O)CN(C(=O)CCCC1CCCCC1)C1CC1. The normalized spacial score (nSPS) is 19.3. The topological polar surface area (TPSA) is 46.6 Å². The van der Waals surface area contributed by atoms with Crippen LogP contribution in [0.25, 0.3) is 0 Å². The lowest BCUT2D eigenvalue weighted by Gasteiger charge is -2.23. The van der Waals surface area contributed by atoms with Crippen LogP contribution in [0.3, 0.4) is 0 Å². The lowest BCUT2D eigenvalue weighted by molar-refractivity contribution is -0.149. The molecule has 2 aliphatic carbocycles. The highest BCUT2D eigenvalue weighted by molar-refractivity contribution is 5.82. The fraction of sp³-hybridized carbons (Fsp3) is 0.882. The molecule has 21 heavy (non-hydrogen) atoms. The molecule has 120 valence electrons. The molecule has 2 aliphatic rings. The number of esters is 1. The van der Waals surface area contributed by atoms with Gasteiger partial charge in [0.2, 0.25) is 5.91 Å². The minimum atomic E-state index is -0.273. The average Bonchev–Trinajstić information content (AvgIpc) is 3.30. The maximum absolute atomic E-state index is 12.3. The van der Waals surface area contributed by atoms with Crippen LogP contribution < -0.4 is 0 Å². The van der Waals surface area contributed by atoms with E-state index < -0.39 is 0 Å². The van der Waals surface area contributed by atoms with Gasteiger partial charge in [-0.15, -0.1) is 0 Å². The molecule has 0 radical (unpaired) electrons. The van der Waals surface area contributed by atoms with Gasteiger partial charge >= 0.3 is 5.97 Å². The second-order valence-corrected chi connectivity index (χ2v) is 6.45. The standard InChI is InChI=1S/C17H29NO3/c1-2-21-17(20)13-18(15-11-12-15)16(19)10-6-9-14-7-4-3-5-8-14/h14-15H,2-13H2,1H3. The monoisotopic (exact) mass is 295 g/mol. The third-order valence-electron chi connectivity index (χ3n) is 4.64. The molecule has 4 nitrogen and oxygen atoms in total. The predicted molar refractivity (Wildman–Crippen MR) is 81.8 cm³/mol. The summed E-state index contributed by atoms with van der Waals surface area (Å²) < 4.78 is 4.97. The summed E-state index contributed by atoms with van der Waals surface area (Å²) in [6, 6.07) is 0.289. The summed E-state index contributed by atoms with van der Waals surface area (Å²) in [4.78, 5) is 25.7. The number of carbonyl (C=O) groups excluding carboxylic acids is 2. The van der Waals surface area contributed by atoms with Crippen molar-refractivity contribution < 1.29 is 14.3 Å². The van der Waals surface area contributed by atoms with Gasteiger partial charge in [-0.05, 0) is 38.5 Å². The van der Waals surface area contributed by atoms with Gasteiger partial charge in [-0.1, -0.05) is 32.1 Å². The first-order valence-electron chi connectivity index (χ1n) is 8.65. The first kappa shape index (κ1) is 16.3. The highest BCUT2D eigenvalue weighted by atomic mass is 16.5. The Morgan fingerprint density at radius 3 is 2.43 bits per heavy atom. The molecule has 1 amide bonds. The Balaban J connectivity index is 1.69. The first-order valence-corrected chi connectivity index (χ1v) is 8.65. The lowest BCUT2D eigenvalue weighted by Crippen LogP contribution is -2.38. The fourth-order valence-corrected chi connectivity index (χ4v) is 3.31. The molecule has 0 aromatic rings. The second kappa shape index (κ2) is 8.40. The largest absolute Gasteiger partial charge is 0.465 e. The van der Waals surface area contributed by atoms with E-state index in [1.807, 2.05) is 0 Å². The molecule has 0 heterocycles. The van der Waals surface area contributed by atoms with Crippen molar-refractivity contribution in [1.29, 1.82) is 0 Å². The minimum absolute atomic E-state index is 0.140. The number of amides is 1. The van der Waals surface area contributed by atoms with Crippen LogP contribution in [0.4, 0.5) is 0 Å². The third-order valence-corrected chi connectivity index (χ3v) is 4.64. The number of rotatable bonds is 8. The molecule has 0 bridgehead atoms. The Kier molecular flexibility index (Phi) is 6.52. The van der Waals surface area contributed by atoms with E-state index in [1.54, 1.807) is 11.8 Å². The molecule has 0 aromatic heterocycles. The highest BCUT2D eigenvalue weighted by Gasteiger charge is 2.33. The van der Waals surface area contributed by atoms with E-state index in [0.717, 1.165) is 25.2 Å². The lowest BCUT2D eigenvalue weighted by atomic mass is 9.86. The van der Waals surface area contributed by atoms with Crippen molar-refractivity contribution in [3.63, 3.8) is 0 Å². The van der Waals surface area contributed by atoms with Gasteiger partial charge in [0.1, 0.15) is 6.54 Å². The Morgan fingerprint density at radius 1 is 1.10 bits per heavy atom. The van der Waals surface area contributed by atoms with Gasteiger partial charge in [0, 0.05) is 12.5 Å². The van der Waals surface area contributed by atoms with E-state index in [9.17, 15) is 9.59 Å². The van der Waals surface area contributed by atoms with Crippen molar-refractivity contribution in [2.75, 3.05) is 13.2 Å². The van der Waals surface area contributed by atoms with E-state index in [-0.39, 0.29) is 24.5 Å². The van der Waals surface area contributed by atoms with Crippen molar-refractivity contribution in [1.82, 2.24) is 4.90 Å². The maximum Gasteiger partial charge on any atom is 0.325 e. The summed E-state index contributed by atoms with van der Waals surface area (Å²) >= 11 is 0. The van der Waals surface area contributed by atoms with Gasteiger partial charge < -0.3 is 9.64 Å². The van der Waals surface area contributed by atoms with Gasteiger partial charge in [0.25, 0.3) is 0 Å². The van der Waals surface area contributed by atoms with Crippen LogP contribution in [0.2, 0.25) is 0 Å². The van der Waals surface area contributed by atoms with Crippen molar-refractivity contribution in [2.24, 2.45) is 5.92 Å². The fourth-order valence-electron chi connectivity index (χ4n) is 3.31. The zero-order valence-corrected chi connectivity index (χ0v) is 13.3. The summed E-state index contributed by atoms with van der Waals surface area (Å²) in [5.41, 5.74) is 0. The van der Waals surface area contributed by atoms with Gasteiger partial charge in [-0.25, -0.2) is 0 Å². The first-order chi connectivity index (χ1) is 10.2. The van der Waals surface area contributed by atoms with Crippen LogP contribution >= 0.6 is 0 Å². The smallest absolute Gasteiger partial charge is 0.325 e. The van der Waals surface area contributed by atoms with Crippen molar-refractivity contribution in [3.8, 4) is 0 Å².